The van der Waals surface area contributed by atoms with Crippen LogP contribution in [0.25, 0.3) is 27.9 Å². The van der Waals surface area contributed by atoms with Crippen LogP contribution in [0.5, 0.6) is 0 Å². The second kappa shape index (κ2) is 10.1. The van der Waals surface area contributed by atoms with Crippen molar-refractivity contribution >= 4 is 39.9 Å². The number of carbonyl (C=O) groups excluding carboxylic acids is 2. The average Bonchev–Trinajstić information content (AvgIpc) is 3.68. The van der Waals surface area contributed by atoms with Gasteiger partial charge in [0.15, 0.2) is 0 Å². The zero-order valence-corrected chi connectivity index (χ0v) is 24.1. The normalized spacial score (nSPS) is 24.2. The fourth-order valence-electron chi connectivity index (χ4n) is 6.85. The Morgan fingerprint density at radius 3 is 2.59 bits per heavy atom. The van der Waals surface area contributed by atoms with E-state index in [2.05, 4.69) is 44.3 Å². The summed E-state index contributed by atoms with van der Waals surface area (Å²) in [6, 6.07) is 7.75. The Morgan fingerprint density at radius 2 is 1.93 bits per heavy atom. The van der Waals surface area contributed by atoms with E-state index in [-0.39, 0.29) is 17.4 Å². The predicted molar refractivity (Wildman–Crippen MR) is 161 cm³/mol. The standard InChI is InChI=1S/C32H38N6O3/c1-20(2)29(39)36-23-8-6-22(7-9-23)26-24(25-27(33)34-19-35-28(25)37(26)4)21-10-13-31(3,14-11-21)30(40)38-16-5-12-32(38)15-17-41-18-32/h6-10,19H,1,5,11-18H2,2-4H3,(H,36,39)(H2,33,34,35)/t31-,32+/m0/s1. The number of nitrogens with zero attached hydrogens (tertiary/aromatic N) is 4. The SMILES string of the molecule is C=C(C)C(=O)Nc1ccc(-c2c(C3=CC[C@](C)(C(=O)N4CCC[C@]45CCOC5)CC3)c3c(N)ncnc3n2C)cc1. The first-order valence-corrected chi connectivity index (χ1v) is 14.4. The molecule has 4 heterocycles. The van der Waals surface area contributed by atoms with E-state index in [1.54, 1.807) is 6.92 Å². The van der Waals surface area contributed by atoms with Crippen LogP contribution in [0, 0.1) is 5.41 Å². The Kier molecular flexibility index (Phi) is 6.72. The molecule has 214 valence electrons. The molecule has 3 aromatic rings. The Labute approximate surface area is 240 Å². The number of benzene rings is 1. The number of anilines is 2. The quantitative estimate of drug-likeness (QED) is 0.425. The molecule has 3 N–H and O–H groups in total. The zero-order valence-electron chi connectivity index (χ0n) is 24.1. The third-order valence-electron chi connectivity index (χ3n) is 9.31. The zero-order chi connectivity index (χ0) is 28.9. The maximum atomic E-state index is 14.0. The van der Waals surface area contributed by atoms with Gasteiger partial charge in [0.1, 0.15) is 17.8 Å². The molecule has 1 aromatic carbocycles. The number of rotatable bonds is 5. The summed E-state index contributed by atoms with van der Waals surface area (Å²) in [7, 11) is 1.98. The molecule has 6 rings (SSSR count). The summed E-state index contributed by atoms with van der Waals surface area (Å²) in [5.74, 6) is 0.475. The van der Waals surface area contributed by atoms with Gasteiger partial charge in [-0.15, -0.1) is 0 Å². The molecule has 1 spiro atoms. The van der Waals surface area contributed by atoms with E-state index in [1.165, 1.54) is 6.33 Å². The summed E-state index contributed by atoms with van der Waals surface area (Å²) < 4.78 is 7.80. The molecule has 9 heteroatoms. The molecule has 9 nitrogen and oxygen atoms in total. The van der Waals surface area contributed by atoms with Gasteiger partial charge in [0.25, 0.3) is 5.91 Å². The smallest absolute Gasteiger partial charge is 0.250 e. The summed E-state index contributed by atoms with van der Waals surface area (Å²) in [4.78, 5) is 37.1. The number of fused-ring (bicyclic) bond motifs is 1. The minimum absolute atomic E-state index is 0.116. The second-order valence-corrected chi connectivity index (χ2v) is 12.1. The highest BCUT2D eigenvalue weighted by Crippen LogP contribution is 2.48. The molecule has 0 unspecified atom stereocenters. The minimum Gasteiger partial charge on any atom is -0.383 e. The van der Waals surface area contributed by atoms with Gasteiger partial charge in [-0.2, -0.15) is 0 Å². The number of nitrogens with one attached hydrogen (secondary N) is 1. The summed E-state index contributed by atoms with van der Waals surface area (Å²) in [6.07, 6.45) is 8.87. The van der Waals surface area contributed by atoms with Crippen LogP contribution < -0.4 is 11.1 Å². The Morgan fingerprint density at radius 1 is 1.15 bits per heavy atom. The molecule has 2 atom stereocenters. The molecule has 0 saturated carbocycles. The van der Waals surface area contributed by atoms with Crippen molar-refractivity contribution in [2.24, 2.45) is 12.5 Å². The third-order valence-corrected chi connectivity index (χ3v) is 9.31. The van der Waals surface area contributed by atoms with E-state index >= 15 is 0 Å². The van der Waals surface area contributed by atoms with Crippen LogP contribution >= 0.6 is 0 Å². The summed E-state index contributed by atoms with van der Waals surface area (Å²) in [5, 5.41) is 3.69. The van der Waals surface area contributed by atoms with Crippen LogP contribution in [0.15, 0.2) is 48.8 Å². The maximum absolute atomic E-state index is 14.0. The highest BCUT2D eigenvalue weighted by molar-refractivity contribution is 6.05. The Bertz CT molecular complexity index is 1580. The number of amides is 2. The van der Waals surface area contributed by atoms with Crippen molar-refractivity contribution in [3.63, 3.8) is 0 Å². The van der Waals surface area contributed by atoms with E-state index in [4.69, 9.17) is 10.5 Å². The van der Waals surface area contributed by atoms with Gasteiger partial charge in [0.2, 0.25) is 5.91 Å². The lowest BCUT2D eigenvalue weighted by atomic mass is 9.73. The lowest BCUT2D eigenvalue weighted by Gasteiger charge is -2.41. The van der Waals surface area contributed by atoms with Crippen molar-refractivity contribution in [3.8, 4) is 11.3 Å². The number of ether oxygens (including phenoxy) is 1. The number of allylic oxidation sites excluding steroid dienone is 2. The minimum atomic E-state index is -0.459. The third kappa shape index (κ3) is 4.52. The number of nitrogens with two attached hydrogens (primary N) is 1. The topological polar surface area (TPSA) is 115 Å². The molecule has 41 heavy (non-hydrogen) atoms. The van der Waals surface area contributed by atoms with Crippen LogP contribution in [0.3, 0.4) is 0 Å². The molecular weight excluding hydrogens is 516 g/mol. The summed E-state index contributed by atoms with van der Waals surface area (Å²) in [5.41, 5.74) is 11.9. The molecule has 1 aliphatic carbocycles. The van der Waals surface area contributed by atoms with Gasteiger partial charge in [-0.3, -0.25) is 9.59 Å². The van der Waals surface area contributed by atoms with Crippen LogP contribution in [0.2, 0.25) is 0 Å². The van der Waals surface area contributed by atoms with Crippen molar-refractivity contribution in [1.82, 2.24) is 19.4 Å². The van der Waals surface area contributed by atoms with E-state index in [0.29, 0.717) is 30.1 Å². The predicted octanol–water partition coefficient (Wildman–Crippen LogP) is 5.09. The van der Waals surface area contributed by atoms with Crippen LogP contribution in [0.1, 0.15) is 57.9 Å². The lowest BCUT2D eigenvalue weighted by Crippen LogP contribution is -2.53. The molecule has 0 bridgehead atoms. The average molecular weight is 555 g/mol. The van der Waals surface area contributed by atoms with Crippen molar-refractivity contribution in [3.05, 3.63) is 54.4 Å². The number of hydrogen-bond acceptors (Lipinski definition) is 6. The van der Waals surface area contributed by atoms with Crippen molar-refractivity contribution in [2.75, 3.05) is 30.8 Å². The van der Waals surface area contributed by atoms with Crippen LogP contribution in [-0.2, 0) is 21.4 Å². The molecule has 2 aromatic heterocycles. The van der Waals surface area contributed by atoms with Gasteiger partial charge < -0.3 is 25.3 Å². The molecular formula is C32H38N6O3. The first kappa shape index (κ1) is 27.2. The fourth-order valence-corrected chi connectivity index (χ4v) is 6.85. The van der Waals surface area contributed by atoms with Gasteiger partial charge in [-0.05, 0) is 68.7 Å². The molecule has 3 aliphatic rings. The largest absolute Gasteiger partial charge is 0.383 e. The van der Waals surface area contributed by atoms with Crippen molar-refractivity contribution in [2.45, 2.75) is 57.9 Å². The fraction of sp³-hybridized carbons (Fsp3) is 0.438. The maximum Gasteiger partial charge on any atom is 0.250 e. The molecule has 0 radical (unpaired) electrons. The summed E-state index contributed by atoms with van der Waals surface area (Å²) in [6.45, 7) is 9.72. The van der Waals surface area contributed by atoms with Crippen LogP contribution in [-0.4, -0.2) is 56.5 Å². The van der Waals surface area contributed by atoms with Gasteiger partial charge >= 0.3 is 0 Å². The second-order valence-electron chi connectivity index (χ2n) is 12.1. The van der Waals surface area contributed by atoms with Crippen molar-refractivity contribution in [1.29, 1.82) is 0 Å². The highest BCUT2D eigenvalue weighted by Gasteiger charge is 2.50. The number of hydrogen-bond donors (Lipinski definition) is 2. The monoisotopic (exact) mass is 554 g/mol. The van der Waals surface area contributed by atoms with E-state index in [9.17, 15) is 9.59 Å². The van der Waals surface area contributed by atoms with E-state index in [0.717, 1.165) is 78.7 Å². The van der Waals surface area contributed by atoms with Crippen LogP contribution in [0.4, 0.5) is 11.5 Å². The molecule has 2 amide bonds. The number of aryl methyl sites for hydroxylation is 1. The van der Waals surface area contributed by atoms with Gasteiger partial charge in [0, 0.05) is 37.0 Å². The Balaban J connectivity index is 1.36. The number of nitrogen functional groups attached to an aromatic ring is 1. The molecule has 2 fully saturated rings. The molecule has 2 saturated heterocycles. The first-order valence-electron chi connectivity index (χ1n) is 14.4. The molecule has 2 aliphatic heterocycles. The number of carbonyl (C=O) groups is 2. The van der Waals surface area contributed by atoms with E-state index < -0.39 is 5.41 Å². The highest BCUT2D eigenvalue weighted by atomic mass is 16.5. The van der Waals surface area contributed by atoms with Gasteiger partial charge in [-0.1, -0.05) is 31.7 Å². The summed E-state index contributed by atoms with van der Waals surface area (Å²) >= 11 is 0. The van der Waals surface area contributed by atoms with E-state index in [1.807, 2.05) is 31.3 Å². The lowest BCUT2D eigenvalue weighted by molar-refractivity contribution is -0.146. The Hall–Kier alpha value is -3.98. The van der Waals surface area contributed by atoms with Gasteiger partial charge in [0.05, 0.1) is 28.6 Å². The number of aromatic nitrogens is 3. The first-order chi connectivity index (χ1) is 19.6. The van der Waals surface area contributed by atoms with Gasteiger partial charge in [-0.25, -0.2) is 9.97 Å². The number of likely N-dealkylation sites (tertiary alicyclic amines) is 1. The van der Waals surface area contributed by atoms with Crippen molar-refractivity contribution < 1.29 is 14.3 Å².